The second kappa shape index (κ2) is 7.62. The van der Waals surface area contributed by atoms with Gasteiger partial charge in [0.05, 0.1) is 0 Å². The van der Waals surface area contributed by atoms with E-state index in [1.807, 2.05) is 0 Å². The van der Waals surface area contributed by atoms with Gasteiger partial charge in [-0.15, -0.1) is 0 Å². The van der Waals surface area contributed by atoms with Gasteiger partial charge in [0.25, 0.3) is 0 Å². The van der Waals surface area contributed by atoms with Crippen molar-refractivity contribution >= 4 is 0 Å². The van der Waals surface area contributed by atoms with Crippen LogP contribution in [0.1, 0.15) is 0 Å². The summed E-state index contributed by atoms with van der Waals surface area (Å²) < 4.78 is 84.0. The van der Waals surface area contributed by atoms with Crippen LogP contribution in [0.25, 0.3) is 0 Å². The molecular weight excluding hydrogens is 362 g/mol. The van der Waals surface area contributed by atoms with Crippen molar-refractivity contribution in [2.24, 2.45) is 0 Å². The van der Waals surface area contributed by atoms with Crippen LogP contribution in [0.5, 0.6) is 0 Å². The van der Waals surface area contributed by atoms with Gasteiger partial charge in [0.15, 0.2) is 0 Å². The Morgan fingerprint density at radius 3 is 1.00 bits per heavy atom. The first-order chi connectivity index (χ1) is 5.41. The predicted molar refractivity (Wildman–Crippen MR) is 6.29 cm³/mol. The van der Waals surface area contributed by atoms with Gasteiger partial charge >= 0.3 is 137 Å². The van der Waals surface area contributed by atoms with Crippen molar-refractivity contribution in [3.8, 4) is 0 Å². The number of rotatable bonds is 4. The zero-order valence-electron chi connectivity index (χ0n) is 7.31. The van der Waals surface area contributed by atoms with Gasteiger partial charge in [-0.2, -0.15) is 0 Å². The van der Waals surface area contributed by atoms with Gasteiger partial charge < -0.3 is 0 Å². The minimum atomic E-state index is -6.39. The average molecular weight is 362 g/mol. The van der Waals surface area contributed by atoms with Gasteiger partial charge in [0.2, 0.25) is 0 Å². The van der Waals surface area contributed by atoms with Crippen molar-refractivity contribution in [2.75, 3.05) is 0 Å². The van der Waals surface area contributed by atoms with E-state index in [2.05, 4.69) is 5.68 Å². The molecule has 0 aromatic heterocycles. The SMILES string of the molecule is [Na+].[Na+].[O]=[Cr](=[O])([O-])[O][Cr](=[O])(=[O])[O][Cr](=[O])(=[O])[O-]. The van der Waals surface area contributed by atoms with Crippen LogP contribution in [0.15, 0.2) is 0 Å². The molecule has 0 rings (SSSR count). The maximum absolute atomic E-state index is 10.2. The Bertz CT molecular complexity index is 423. The molecule has 0 amide bonds. The minimum absolute atomic E-state index is 0. The fourth-order valence-electron chi connectivity index (χ4n) is 0.215. The summed E-state index contributed by atoms with van der Waals surface area (Å²) in [4.78, 5) is 0. The molecule has 0 bridgehead atoms. The molecule has 0 radical (unpaired) electrons. The van der Waals surface area contributed by atoms with Crippen molar-refractivity contribution in [3.05, 3.63) is 0 Å². The molecule has 0 saturated carbocycles. The molecule has 80 valence electrons. The summed E-state index contributed by atoms with van der Waals surface area (Å²) in [5.41, 5.74) is 0. The Morgan fingerprint density at radius 2 is 0.867 bits per heavy atom. The molecule has 0 spiro atoms. The quantitative estimate of drug-likeness (QED) is 0.438. The van der Waals surface area contributed by atoms with E-state index >= 15 is 0 Å². The molecular formula is Cr3Na2O10. The van der Waals surface area contributed by atoms with E-state index in [0.717, 1.165) is 0 Å². The molecule has 0 aromatic rings. The fraction of sp³-hybridized carbons (Fsp3) is 0. The Balaban J connectivity index is -0.000000720. The summed E-state index contributed by atoms with van der Waals surface area (Å²) in [6.07, 6.45) is 0. The first-order valence-electron chi connectivity index (χ1n) is 2.00. The standard InChI is InChI=1S/3Cr.2Na.10O/q;;;2*+1;;;;;;;;;2*-1. The van der Waals surface area contributed by atoms with E-state index < -0.39 is 40.8 Å². The molecule has 0 aromatic carbocycles. The molecule has 15 heteroatoms. The van der Waals surface area contributed by atoms with E-state index in [4.69, 9.17) is 0 Å². The van der Waals surface area contributed by atoms with Gasteiger partial charge in [-0.1, -0.05) is 0 Å². The third-order valence-electron chi connectivity index (χ3n) is 0.333. The Hall–Kier alpha value is 2.24. The summed E-state index contributed by atoms with van der Waals surface area (Å²) in [7, 11) is 0. The van der Waals surface area contributed by atoms with Crippen LogP contribution in [0.2, 0.25) is 0 Å². The molecule has 0 unspecified atom stereocenters. The van der Waals surface area contributed by atoms with Crippen LogP contribution in [0.4, 0.5) is 0 Å². The van der Waals surface area contributed by atoms with Crippen LogP contribution in [0, 0.1) is 0 Å². The van der Waals surface area contributed by atoms with Crippen molar-refractivity contribution < 1.29 is 137 Å². The zero-order valence-corrected chi connectivity index (χ0v) is 15.1. The van der Waals surface area contributed by atoms with Crippen LogP contribution in [-0.2, 0) is 69.3 Å². The topological polar surface area (TPSA) is 167 Å². The summed E-state index contributed by atoms with van der Waals surface area (Å²) in [6, 6.07) is 0. The third kappa shape index (κ3) is 16.2. The summed E-state index contributed by atoms with van der Waals surface area (Å²) >= 11 is -19.2. The van der Waals surface area contributed by atoms with E-state index in [9.17, 15) is 31.1 Å². The molecule has 0 heterocycles. The Kier molecular flexibility index (Phi) is 11.4. The summed E-state index contributed by atoms with van der Waals surface area (Å²) in [5, 5.41) is 0. The Morgan fingerprint density at radius 1 is 0.667 bits per heavy atom. The van der Waals surface area contributed by atoms with Gasteiger partial charge in [-0.25, -0.2) is 0 Å². The molecule has 15 heavy (non-hydrogen) atoms. The monoisotopic (exact) mass is 362 g/mol. The molecule has 0 N–H and O–H groups in total. The third-order valence-corrected chi connectivity index (χ3v) is 5.67. The number of hydrogen-bond acceptors (Lipinski definition) is 10. The second-order valence-electron chi connectivity index (χ2n) is 1.36. The molecule has 0 aliphatic heterocycles. The van der Waals surface area contributed by atoms with Gasteiger partial charge in [-0.05, 0) is 0 Å². The Labute approximate surface area is 134 Å². The fourth-order valence-corrected chi connectivity index (χ4v) is 4.26. The molecule has 0 aliphatic rings. The van der Waals surface area contributed by atoms with Crippen molar-refractivity contribution in [1.82, 2.24) is 0 Å². The summed E-state index contributed by atoms with van der Waals surface area (Å²) in [5.74, 6) is 0. The zero-order chi connectivity index (χ0) is 10.9. The van der Waals surface area contributed by atoms with E-state index in [-0.39, 0.29) is 59.1 Å². The van der Waals surface area contributed by atoms with Gasteiger partial charge in [-0.3, -0.25) is 0 Å². The first kappa shape index (κ1) is 22.4. The molecule has 0 saturated heterocycles. The van der Waals surface area contributed by atoms with Gasteiger partial charge in [0, 0.05) is 0 Å². The van der Waals surface area contributed by atoms with Gasteiger partial charge in [0.1, 0.15) is 0 Å². The summed E-state index contributed by atoms with van der Waals surface area (Å²) in [6.45, 7) is 0. The van der Waals surface area contributed by atoms with Crippen molar-refractivity contribution in [1.29, 1.82) is 0 Å². The molecule has 0 fully saturated rings. The van der Waals surface area contributed by atoms with Crippen molar-refractivity contribution in [3.63, 3.8) is 0 Å². The second-order valence-corrected chi connectivity index (χ2v) is 7.36. The molecule has 0 aliphatic carbocycles. The predicted octanol–water partition coefficient (Wildman–Crippen LogP) is -9.23. The van der Waals surface area contributed by atoms with E-state index in [1.54, 1.807) is 0 Å². The molecule has 0 atom stereocenters. The van der Waals surface area contributed by atoms with Crippen LogP contribution < -0.4 is 67.4 Å². The van der Waals surface area contributed by atoms with E-state index in [1.165, 1.54) is 0 Å². The normalized spacial score (nSPS) is 12.4. The van der Waals surface area contributed by atoms with E-state index in [0.29, 0.717) is 0 Å². The van der Waals surface area contributed by atoms with Crippen molar-refractivity contribution in [2.45, 2.75) is 0 Å². The molecule has 10 nitrogen and oxygen atoms in total. The van der Waals surface area contributed by atoms with Crippen LogP contribution >= 0.6 is 0 Å². The first-order valence-corrected chi connectivity index (χ1v) is 8.25. The number of hydrogen-bond donors (Lipinski definition) is 0. The maximum atomic E-state index is 10.2. The van der Waals surface area contributed by atoms with Crippen LogP contribution in [-0.4, -0.2) is 0 Å². The average Bonchev–Trinajstić information content (AvgIpc) is 1.43. The van der Waals surface area contributed by atoms with Crippen LogP contribution in [0.3, 0.4) is 0 Å².